The molecule has 7 nitrogen and oxygen atoms in total. The van der Waals surface area contributed by atoms with Gasteiger partial charge in [-0.3, -0.25) is 4.79 Å². The number of ether oxygens (including phenoxy) is 1. The number of carbonyl (C=O) groups excluding carboxylic acids is 1. The number of benzene rings is 1. The van der Waals surface area contributed by atoms with Crippen LogP contribution in [0, 0.1) is 0 Å². The summed E-state index contributed by atoms with van der Waals surface area (Å²) in [5.74, 6) is -0.178. The molecule has 0 unspecified atom stereocenters. The number of nitrogens with two attached hydrogens (primary N) is 1. The molecule has 0 fully saturated rings. The van der Waals surface area contributed by atoms with E-state index in [4.69, 9.17) is 10.2 Å². The number of hydrogen-bond donors (Lipinski definition) is 3. The summed E-state index contributed by atoms with van der Waals surface area (Å²) < 4.78 is 45.0. The molecule has 0 saturated heterocycles. The maximum Gasteiger partial charge on any atom is 0.573 e. The normalized spacial score (nSPS) is 11.9. The molecule has 1 amide bonds. The second-order valence-corrected chi connectivity index (χ2v) is 4.75. The van der Waals surface area contributed by atoms with Crippen LogP contribution in [-0.4, -0.2) is 24.8 Å². The molecule has 0 aliphatic heterocycles. The monoisotopic (exact) mass is 356 g/mol. The highest BCUT2D eigenvalue weighted by atomic mass is 19.4. The topological polar surface area (TPSA) is 102 Å². The van der Waals surface area contributed by atoms with E-state index in [0.29, 0.717) is 11.4 Å². The summed E-state index contributed by atoms with van der Waals surface area (Å²) in [7, 11) is 0. The van der Waals surface area contributed by atoms with E-state index in [-0.39, 0.29) is 30.7 Å². The molecule has 0 spiro atoms. The maximum atomic E-state index is 12.1. The van der Waals surface area contributed by atoms with E-state index in [1.165, 1.54) is 18.4 Å². The average molecular weight is 356 g/mol. The van der Waals surface area contributed by atoms with E-state index < -0.39 is 6.36 Å². The van der Waals surface area contributed by atoms with Gasteiger partial charge < -0.3 is 25.5 Å². The standard InChI is InChI=1S/C15H15F3N4O3/c16-15(17,18)25-11-5-3-10(4-6-11)22-14(19)21-9-13(23)20-8-12-2-1-7-24-12/h1-7H,8-9H2,(H,20,23)(H3,19,21,22). The van der Waals surface area contributed by atoms with E-state index in [1.807, 2.05) is 0 Å². The van der Waals surface area contributed by atoms with E-state index >= 15 is 0 Å². The van der Waals surface area contributed by atoms with Crippen LogP contribution >= 0.6 is 0 Å². The van der Waals surface area contributed by atoms with Gasteiger partial charge in [0.1, 0.15) is 18.1 Å². The van der Waals surface area contributed by atoms with Gasteiger partial charge in [0, 0.05) is 5.69 Å². The molecule has 1 heterocycles. The fourth-order valence-corrected chi connectivity index (χ4v) is 1.74. The summed E-state index contributed by atoms with van der Waals surface area (Å²) in [5, 5.41) is 5.24. The van der Waals surface area contributed by atoms with Gasteiger partial charge in [-0.05, 0) is 36.4 Å². The van der Waals surface area contributed by atoms with E-state index in [2.05, 4.69) is 20.4 Å². The van der Waals surface area contributed by atoms with Crippen molar-refractivity contribution in [3.63, 3.8) is 0 Å². The summed E-state index contributed by atoms with van der Waals surface area (Å²) in [5.41, 5.74) is 6.01. The van der Waals surface area contributed by atoms with Crippen molar-refractivity contribution in [3.8, 4) is 5.75 Å². The van der Waals surface area contributed by atoms with Crippen molar-refractivity contribution in [2.24, 2.45) is 10.7 Å². The van der Waals surface area contributed by atoms with Crippen molar-refractivity contribution in [1.82, 2.24) is 5.32 Å². The molecule has 10 heteroatoms. The highest BCUT2D eigenvalue weighted by Crippen LogP contribution is 2.23. The first-order valence-electron chi connectivity index (χ1n) is 7.04. The van der Waals surface area contributed by atoms with Crippen LogP contribution in [0.3, 0.4) is 0 Å². The highest BCUT2D eigenvalue weighted by Gasteiger charge is 2.30. The van der Waals surface area contributed by atoms with Crippen LogP contribution in [0.25, 0.3) is 0 Å². The minimum atomic E-state index is -4.75. The maximum absolute atomic E-state index is 12.1. The third-order valence-corrected chi connectivity index (χ3v) is 2.79. The van der Waals surface area contributed by atoms with Crippen LogP contribution < -0.4 is 21.1 Å². The van der Waals surface area contributed by atoms with Gasteiger partial charge in [-0.15, -0.1) is 13.2 Å². The highest BCUT2D eigenvalue weighted by molar-refractivity contribution is 5.93. The smallest absolute Gasteiger partial charge is 0.467 e. The first-order valence-corrected chi connectivity index (χ1v) is 7.04. The number of carbonyl (C=O) groups is 1. The van der Waals surface area contributed by atoms with Crippen LogP contribution in [0.2, 0.25) is 0 Å². The molecule has 2 rings (SSSR count). The van der Waals surface area contributed by atoms with E-state index in [9.17, 15) is 18.0 Å². The van der Waals surface area contributed by atoms with E-state index in [1.54, 1.807) is 12.1 Å². The molecule has 0 saturated carbocycles. The number of rotatable bonds is 6. The number of furan rings is 1. The predicted molar refractivity (Wildman–Crippen MR) is 83.8 cm³/mol. The van der Waals surface area contributed by atoms with Gasteiger partial charge in [-0.2, -0.15) is 0 Å². The Balaban J connectivity index is 1.79. The second kappa shape index (κ2) is 8.08. The molecule has 4 N–H and O–H groups in total. The second-order valence-electron chi connectivity index (χ2n) is 4.75. The molecule has 2 aromatic rings. The van der Waals surface area contributed by atoms with Crippen molar-refractivity contribution < 1.29 is 27.1 Å². The zero-order valence-corrected chi connectivity index (χ0v) is 12.8. The summed E-state index contributed by atoms with van der Waals surface area (Å²) in [6.07, 6.45) is -3.26. The third kappa shape index (κ3) is 6.85. The predicted octanol–water partition coefficient (Wildman–Crippen LogP) is 2.22. The summed E-state index contributed by atoms with van der Waals surface area (Å²) >= 11 is 0. The minimum absolute atomic E-state index is 0.0577. The molecule has 1 aromatic carbocycles. The fraction of sp³-hybridized carbons (Fsp3) is 0.200. The minimum Gasteiger partial charge on any atom is -0.467 e. The van der Waals surface area contributed by atoms with Crippen LogP contribution in [0.5, 0.6) is 5.75 Å². The number of nitrogens with one attached hydrogen (secondary N) is 2. The van der Waals surface area contributed by atoms with Gasteiger partial charge in [0.25, 0.3) is 0 Å². The Morgan fingerprint density at radius 1 is 1.24 bits per heavy atom. The number of nitrogens with zero attached hydrogens (tertiary/aromatic N) is 1. The lowest BCUT2D eigenvalue weighted by Crippen LogP contribution is -2.28. The van der Waals surface area contributed by atoms with Crippen molar-refractivity contribution in [3.05, 3.63) is 48.4 Å². The van der Waals surface area contributed by atoms with Gasteiger partial charge in [-0.1, -0.05) is 0 Å². The number of guanidine groups is 1. The molecule has 1 aromatic heterocycles. The Hall–Kier alpha value is -3.17. The Morgan fingerprint density at radius 3 is 2.56 bits per heavy atom. The molecule has 0 bridgehead atoms. The van der Waals surface area contributed by atoms with Crippen LogP contribution in [0.15, 0.2) is 52.1 Å². The van der Waals surface area contributed by atoms with Crippen molar-refractivity contribution in [2.75, 3.05) is 11.9 Å². The zero-order chi connectivity index (χ0) is 18.3. The average Bonchev–Trinajstić information content (AvgIpc) is 3.05. The third-order valence-electron chi connectivity index (χ3n) is 2.79. The molecular formula is C15H15F3N4O3. The molecule has 0 aliphatic carbocycles. The SMILES string of the molecule is NC(=NCC(=O)NCc1ccco1)Nc1ccc(OC(F)(F)F)cc1. The summed E-state index contributed by atoms with van der Waals surface area (Å²) in [4.78, 5) is 15.4. The Bertz CT molecular complexity index is 713. The van der Waals surface area contributed by atoms with Gasteiger partial charge in [0.15, 0.2) is 5.96 Å². The lowest BCUT2D eigenvalue weighted by Gasteiger charge is -2.10. The summed E-state index contributed by atoms with van der Waals surface area (Å²) in [6, 6.07) is 8.33. The Morgan fingerprint density at radius 2 is 1.96 bits per heavy atom. The largest absolute Gasteiger partial charge is 0.573 e. The van der Waals surface area contributed by atoms with Crippen LogP contribution in [0.4, 0.5) is 18.9 Å². The van der Waals surface area contributed by atoms with E-state index in [0.717, 1.165) is 12.1 Å². The van der Waals surface area contributed by atoms with Gasteiger partial charge in [0.05, 0.1) is 12.8 Å². The number of halogens is 3. The van der Waals surface area contributed by atoms with Crippen LogP contribution in [-0.2, 0) is 11.3 Å². The fourth-order valence-electron chi connectivity index (χ4n) is 1.74. The Labute approximate surface area is 140 Å². The van der Waals surface area contributed by atoms with Crippen molar-refractivity contribution >= 4 is 17.6 Å². The van der Waals surface area contributed by atoms with Gasteiger partial charge in [0.2, 0.25) is 5.91 Å². The van der Waals surface area contributed by atoms with Crippen molar-refractivity contribution in [2.45, 2.75) is 12.9 Å². The molecule has 25 heavy (non-hydrogen) atoms. The van der Waals surface area contributed by atoms with Gasteiger partial charge in [-0.25, -0.2) is 4.99 Å². The van der Waals surface area contributed by atoms with Crippen molar-refractivity contribution in [1.29, 1.82) is 0 Å². The quantitative estimate of drug-likeness (QED) is 0.544. The first kappa shape index (κ1) is 18.2. The number of anilines is 1. The van der Waals surface area contributed by atoms with Crippen LogP contribution in [0.1, 0.15) is 5.76 Å². The Kier molecular flexibility index (Phi) is 5.88. The number of hydrogen-bond acceptors (Lipinski definition) is 4. The molecule has 0 atom stereocenters. The lowest BCUT2D eigenvalue weighted by atomic mass is 10.3. The number of amides is 1. The molecule has 0 aliphatic rings. The zero-order valence-electron chi connectivity index (χ0n) is 12.8. The van der Waals surface area contributed by atoms with Gasteiger partial charge >= 0.3 is 6.36 Å². The molecule has 0 radical (unpaired) electrons. The number of aliphatic imine (C=N–C) groups is 1. The lowest BCUT2D eigenvalue weighted by molar-refractivity contribution is -0.274. The summed E-state index contributed by atoms with van der Waals surface area (Å²) in [6.45, 7) is 0.0180. The molecular weight excluding hydrogens is 341 g/mol. The number of alkyl halides is 3. The molecule has 134 valence electrons. The first-order chi connectivity index (χ1) is 11.8.